The van der Waals surface area contributed by atoms with Crippen molar-refractivity contribution in [2.24, 2.45) is 11.8 Å². The number of benzene rings is 1. The van der Waals surface area contributed by atoms with Crippen molar-refractivity contribution in [2.45, 2.75) is 39.2 Å². The van der Waals surface area contributed by atoms with E-state index in [-0.39, 0.29) is 11.8 Å². The van der Waals surface area contributed by atoms with Crippen molar-refractivity contribution >= 4 is 11.7 Å². The van der Waals surface area contributed by atoms with Gasteiger partial charge in [0, 0.05) is 0 Å². The maximum absolute atomic E-state index is 13.0. The van der Waals surface area contributed by atoms with Gasteiger partial charge in [-0.25, -0.2) is 9.18 Å². The van der Waals surface area contributed by atoms with E-state index in [2.05, 4.69) is 13.8 Å². The molecule has 0 aromatic heterocycles. The molecule has 3 nitrogen and oxygen atoms in total. The van der Waals surface area contributed by atoms with E-state index in [0.717, 1.165) is 12.8 Å². The van der Waals surface area contributed by atoms with Crippen molar-refractivity contribution in [3.8, 4) is 0 Å². The summed E-state index contributed by atoms with van der Waals surface area (Å²) < 4.78 is 18.5. The third-order valence-corrected chi connectivity index (χ3v) is 3.64. The second kappa shape index (κ2) is 5.59. The van der Waals surface area contributed by atoms with Crippen molar-refractivity contribution in [1.82, 2.24) is 0 Å². The van der Waals surface area contributed by atoms with E-state index in [9.17, 15) is 9.18 Å². The van der Waals surface area contributed by atoms with E-state index in [0.29, 0.717) is 17.4 Å². The number of hydrogen-bond acceptors (Lipinski definition) is 3. The van der Waals surface area contributed by atoms with Crippen LogP contribution in [0.25, 0.3) is 0 Å². The zero-order valence-corrected chi connectivity index (χ0v) is 11.4. The van der Waals surface area contributed by atoms with E-state index >= 15 is 0 Å². The summed E-state index contributed by atoms with van der Waals surface area (Å²) in [6, 6.07) is 3.93. The average Bonchev–Trinajstić information content (AvgIpc) is 2.31. The summed E-state index contributed by atoms with van der Waals surface area (Å²) in [4.78, 5) is 12.0. The summed E-state index contributed by atoms with van der Waals surface area (Å²) in [6.07, 6.45) is 2.93. The number of ether oxygens (including phenoxy) is 1. The lowest BCUT2D eigenvalue weighted by molar-refractivity contribution is 0.00806. The summed E-state index contributed by atoms with van der Waals surface area (Å²) >= 11 is 0. The van der Waals surface area contributed by atoms with Crippen molar-refractivity contribution < 1.29 is 13.9 Å². The van der Waals surface area contributed by atoms with Gasteiger partial charge in [-0.3, -0.25) is 0 Å². The van der Waals surface area contributed by atoms with Gasteiger partial charge in [0.05, 0.1) is 11.3 Å². The first-order valence-corrected chi connectivity index (χ1v) is 6.71. The lowest BCUT2D eigenvalue weighted by Crippen LogP contribution is -2.28. The maximum Gasteiger partial charge on any atom is 0.338 e. The minimum atomic E-state index is -0.517. The monoisotopic (exact) mass is 265 g/mol. The van der Waals surface area contributed by atoms with E-state index in [1.54, 1.807) is 0 Å². The number of hydrogen-bond donors (Lipinski definition) is 1. The highest BCUT2D eigenvalue weighted by Gasteiger charge is 2.27. The SMILES string of the molecule is CC1CC(C)CC(OC(=O)c2ccc(F)c(N)c2)C1. The number of esters is 1. The van der Waals surface area contributed by atoms with Gasteiger partial charge in [0.2, 0.25) is 0 Å². The molecule has 0 saturated heterocycles. The molecule has 1 aliphatic rings. The van der Waals surface area contributed by atoms with Crippen molar-refractivity contribution in [2.75, 3.05) is 5.73 Å². The van der Waals surface area contributed by atoms with Crippen LogP contribution in [-0.4, -0.2) is 12.1 Å². The van der Waals surface area contributed by atoms with E-state index in [1.807, 2.05) is 0 Å². The molecule has 104 valence electrons. The number of carbonyl (C=O) groups excluding carboxylic acids is 1. The molecule has 0 aliphatic heterocycles. The Labute approximate surface area is 112 Å². The Morgan fingerprint density at radius 2 is 1.89 bits per heavy atom. The van der Waals surface area contributed by atoms with Gasteiger partial charge in [-0.05, 0) is 49.3 Å². The zero-order chi connectivity index (χ0) is 14.0. The molecular weight excluding hydrogens is 245 g/mol. The van der Waals surface area contributed by atoms with Crippen LogP contribution in [0.15, 0.2) is 18.2 Å². The first-order valence-electron chi connectivity index (χ1n) is 6.71. The zero-order valence-electron chi connectivity index (χ0n) is 11.4. The second-order valence-electron chi connectivity index (χ2n) is 5.68. The van der Waals surface area contributed by atoms with E-state index in [4.69, 9.17) is 10.5 Å². The summed E-state index contributed by atoms with van der Waals surface area (Å²) in [7, 11) is 0. The fourth-order valence-corrected chi connectivity index (χ4v) is 2.86. The van der Waals surface area contributed by atoms with Crippen LogP contribution < -0.4 is 5.73 Å². The number of halogens is 1. The largest absolute Gasteiger partial charge is 0.459 e. The van der Waals surface area contributed by atoms with Gasteiger partial charge < -0.3 is 10.5 Å². The highest BCUT2D eigenvalue weighted by Crippen LogP contribution is 2.30. The van der Waals surface area contributed by atoms with Crippen molar-refractivity contribution in [1.29, 1.82) is 0 Å². The standard InChI is InChI=1S/C15H20FNO2/c1-9-5-10(2)7-12(6-9)19-15(18)11-3-4-13(16)14(17)8-11/h3-4,8-10,12H,5-7,17H2,1-2H3. The molecule has 2 atom stereocenters. The molecule has 0 spiro atoms. The van der Waals surface area contributed by atoms with Crippen molar-refractivity contribution in [3.05, 3.63) is 29.6 Å². The fourth-order valence-electron chi connectivity index (χ4n) is 2.86. The minimum absolute atomic E-state index is 0.0279. The van der Waals surface area contributed by atoms with E-state index < -0.39 is 11.8 Å². The van der Waals surface area contributed by atoms with Crippen LogP contribution in [-0.2, 0) is 4.74 Å². The average molecular weight is 265 g/mol. The van der Waals surface area contributed by atoms with Crippen LogP contribution >= 0.6 is 0 Å². The molecule has 0 amide bonds. The molecule has 1 aromatic carbocycles. The van der Waals surface area contributed by atoms with E-state index in [1.165, 1.54) is 24.6 Å². The molecule has 0 bridgehead atoms. The van der Waals surface area contributed by atoms with Gasteiger partial charge >= 0.3 is 5.97 Å². The molecule has 1 saturated carbocycles. The van der Waals surface area contributed by atoms with Gasteiger partial charge in [0.1, 0.15) is 11.9 Å². The molecule has 2 rings (SSSR count). The minimum Gasteiger partial charge on any atom is -0.459 e. The predicted molar refractivity (Wildman–Crippen MR) is 72.2 cm³/mol. The molecule has 4 heteroatoms. The number of nitrogens with two attached hydrogens (primary N) is 1. The highest BCUT2D eigenvalue weighted by molar-refractivity contribution is 5.90. The quantitative estimate of drug-likeness (QED) is 0.658. The third kappa shape index (κ3) is 3.46. The maximum atomic E-state index is 13.0. The summed E-state index contributed by atoms with van der Waals surface area (Å²) in [5.41, 5.74) is 5.73. The molecule has 1 aromatic rings. The summed E-state index contributed by atoms with van der Waals surface area (Å²) in [5.74, 6) is 0.203. The smallest absolute Gasteiger partial charge is 0.338 e. The van der Waals surface area contributed by atoms with Crippen LogP contribution in [0.1, 0.15) is 43.5 Å². The number of nitrogen functional groups attached to an aromatic ring is 1. The van der Waals surface area contributed by atoms with Gasteiger partial charge in [-0.1, -0.05) is 13.8 Å². The summed E-state index contributed by atoms with van der Waals surface area (Å²) in [6.45, 7) is 4.35. The Kier molecular flexibility index (Phi) is 4.08. The van der Waals surface area contributed by atoms with Gasteiger partial charge in [0.25, 0.3) is 0 Å². The number of anilines is 1. The first-order chi connectivity index (χ1) is 8.95. The van der Waals surface area contributed by atoms with Crippen LogP contribution in [0, 0.1) is 17.7 Å². The molecule has 1 aliphatic carbocycles. The topological polar surface area (TPSA) is 52.3 Å². The lowest BCUT2D eigenvalue weighted by Gasteiger charge is -2.31. The Hall–Kier alpha value is -1.58. The molecule has 2 N–H and O–H groups in total. The van der Waals surface area contributed by atoms with Crippen LogP contribution in [0.5, 0.6) is 0 Å². The summed E-state index contributed by atoms with van der Waals surface area (Å²) in [5, 5.41) is 0. The second-order valence-corrected chi connectivity index (χ2v) is 5.68. The Morgan fingerprint density at radius 1 is 1.26 bits per heavy atom. The fraction of sp³-hybridized carbons (Fsp3) is 0.533. The highest BCUT2D eigenvalue weighted by atomic mass is 19.1. The predicted octanol–water partition coefficient (Wildman–Crippen LogP) is 3.39. The van der Waals surface area contributed by atoms with Gasteiger partial charge in [0.15, 0.2) is 0 Å². The lowest BCUT2D eigenvalue weighted by atomic mass is 9.82. The van der Waals surface area contributed by atoms with Gasteiger partial charge in [-0.15, -0.1) is 0 Å². The first kappa shape index (κ1) is 13.8. The van der Waals surface area contributed by atoms with Crippen LogP contribution in [0.2, 0.25) is 0 Å². The number of carbonyl (C=O) groups is 1. The Bertz CT molecular complexity index is 465. The van der Waals surface area contributed by atoms with Crippen LogP contribution in [0.3, 0.4) is 0 Å². The molecule has 0 heterocycles. The Balaban J connectivity index is 2.02. The number of rotatable bonds is 2. The molecule has 1 fully saturated rings. The third-order valence-electron chi connectivity index (χ3n) is 3.64. The van der Waals surface area contributed by atoms with Gasteiger partial charge in [-0.2, -0.15) is 0 Å². The molecule has 19 heavy (non-hydrogen) atoms. The normalized spacial score (nSPS) is 27.0. The molecule has 0 radical (unpaired) electrons. The van der Waals surface area contributed by atoms with Crippen LogP contribution in [0.4, 0.5) is 10.1 Å². The van der Waals surface area contributed by atoms with Crippen molar-refractivity contribution in [3.63, 3.8) is 0 Å². The molecular formula is C15H20FNO2. The Morgan fingerprint density at radius 3 is 2.47 bits per heavy atom. The molecule has 2 unspecified atom stereocenters.